The molecule has 0 aliphatic heterocycles. The first kappa shape index (κ1) is 18.7. The summed E-state index contributed by atoms with van der Waals surface area (Å²) in [6, 6.07) is 7.98. The molecule has 148 valence electrons. The van der Waals surface area contributed by atoms with Gasteiger partial charge in [0.25, 0.3) is 0 Å². The third-order valence-electron chi connectivity index (χ3n) is 5.66. The summed E-state index contributed by atoms with van der Waals surface area (Å²) in [5.74, 6) is 0.0513. The van der Waals surface area contributed by atoms with Crippen LogP contribution in [0.5, 0.6) is 0 Å². The van der Waals surface area contributed by atoms with Crippen molar-refractivity contribution in [3.8, 4) is 0 Å². The lowest BCUT2D eigenvalue weighted by Crippen LogP contribution is -2.16. The van der Waals surface area contributed by atoms with Crippen LogP contribution in [-0.2, 0) is 4.74 Å². The SMILES string of the molecule is CCCCCOC(=O)c1c(N)n(C2CCCCC2)c2nc3ccccc3nc12. The molecule has 3 aromatic rings. The molecule has 1 aromatic carbocycles. The molecule has 0 saturated heterocycles. The van der Waals surface area contributed by atoms with Gasteiger partial charge in [-0.3, -0.25) is 0 Å². The number of rotatable bonds is 6. The zero-order valence-electron chi connectivity index (χ0n) is 16.5. The van der Waals surface area contributed by atoms with Crippen molar-refractivity contribution in [3.05, 3.63) is 29.8 Å². The van der Waals surface area contributed by atoms with Gasteiger partial charge in [0, 0.05) is 6.04 Å². The van der Waals surface area contributed by atoms with E-state index in [1.165, 1.54) is 19.3 Å². The van der Waals surface area contributed by atoms with Gasteiger partial charge in [-0.1, -0.05) is 51.2 Å². The molecule has 2 heterocycles. The van der Waals surface area contributed by atoms with Crippen LogP contribution in [0.2, 0.25) is 0 Å². The van der Waals surface area contributed by atoms with Gasteiger partial charge in [-0.2, -0.15) is 0 Å². The van der Waals surface area contributed by atoms with Crippen LogP contribution in [0.3, 0.4) is 0 Å². The molecular formula is C22H28N4O2. The number of anilines is 1. The summed E-state index contributed by atoms with van der Waals surface area (Å²) in [5, 5.41) is 0. The van der Waals surface area contributed by atoms with Crippen molar-refractivity contribution in [2.24, 2.45) is 0 Å². The number of carbonyl (C=O) groups is 1. The molecule has 2 N–H and O–H groups in total. The Morgan fingerprint density at radius 1 is 1.14 bits per heavy atom. The molecule has 6 nitrogen and oxygen atoms in total. The first-order chi connectivity index (χ1) is 13.7. The molecule has 0 bridgehead atoms. The van der Waals surface area contributed by atoms with Crippen LogP contribution in [-0.4, -0.2) is 27.1 Å². The summed E-state index contributed by atoms with van der Waals surface area (Å²) in [5.41, 5.74) is 9.72. The van der Waals surface area contributed by atoms with Gasteiger partial charge in [0.1, 0.15) is 16.9 Å². The van der Waals surface area contributed by atoms with Gasteiger partial charge in [-0.05, 0) is 31.4 Å². The maximum absolute atomic E-state index is 12.9. The monoisotopic (exact) mass is 380 g/mol. The second kappa shape index (κ2) is 8.17. The Morgan fingerprint density at radius 2 is 1.86 bits per heavy atom. The Bertz CT molecular complexity index is 989. The average Bonchev–Trinajstić information content (AvgIpc) is 3.00. The predicted octanol–water partition coefficient (Wildman–Crippen LogP) is 5.02. The van der Waals surface area contributed by atoms with Crippen LogP contribution in [0.25, 0.3) is 22.2 Å². The van der Waals surface area contributed by atoms with Crippen molar-refractivity contribution in [2.75, 3.05) is 12.3 Å². The second-order valence-electron chi connectivity index (χ2n) is 7.65. The van der Waals surface area contributed by atoms with E-state index in [9.17, 15) is 4.79 Å². The minimum Gasteiger partial charge on any atom is -0.462 e. The van der Waals surface area contributed by atoms with Gasteiger partial charge in [0.2, 0.25) is 0 Å². The van der Waals surface area contributed by atoms with Crippen LogP contribution in [0.1, 0.15) is 74.7 Å². The van der Waals surface area contributed by atoms with Crippen molar-refractivity contribution in [3.63, 3.8) is 0 Å². The van der Waals surface area contributed by atoms with Gasteiger partial charge in [0.15, 0.2) is 5.65 Å². The van der Waals surface area contributed by atoms with Gasteiger partial charge in [-0.25, -0.2) is 14.8 Å². The minimum absolute atomic E-state index is 0.258. The van der Waals surface area contributed by atoms with E-state index >= 15 is 0 Å². The number of para-hydroxylation sites is 2. The number of nitrogens with two attached hydrogens (primary N) is 1. The van der Waals surface area contributed by atoms with Gasteiger partial charge in [0.05, 0.1) is 17.6 Å². The number of esters is 1. The smallest absolute Gasteiger partial charge is 0.344 e. The zero-order valence-corrected chi connectivity index (χ0v) is 16.5. The molecule has 2 aromatic heterocycles. The number of ether oxygens (including phenoxy) is 1. The minimum atomic E-state index is -0.391. The lowest BCUT2D eigenvalue weighted by Gasteiger charge is -2.24. The maximum atomic E-state index is 12.9. The number of nitrogen functional groups attached to an aromatic ring is 1. The molecule has 1 saturated carbocycles. The third kappa shape index (κ3) is 3.43. The summed E-state index contributed by atoms with van der Waals surface area (Å²) >= 11 is 0. The first-order valence-electron chi connectivity index (χ1n) is 10.4. The van der Waals surface area contributed by atoms with Crippen molar-refractivity contribution in [1.82, 2.24) is 14.5 Å². The largest absolute Gasteiger partial charge is 0.462 e. The van der Waals surface area contributed by atoms with E-state index in [4.69, 9.17) is 20.4 Å². The molecule has 1 aliphatic carbocycles. The van der Waals surface area contributed by atoms with Crippen molar-refractivity contribution >= 4 is 34.0 Å². The third-order valence-corrected chi connectivity index (χ3v) is 5.66. The first-order valence-corrected chi connectivity index (χ1v) is 10.4. The molecule has 28 heavy (non-hydrogen) atoms. The van der Waals surface area contributed by atoms with Crippen LogP contribution >= 0.6 is 0 Å². The highest BCUT2D eigenvalue weighted by molar-refractivity contribution is 6.08. The summed E-state index contributed by atoms with van der Waals surface area (Å²) in [6.07, 6.45) is 8.66. The van der Waals surface area contributed by atoms with Crippen molar-refractivity contribution in [2.45, 2.75) is 64.3 Å². The molecule has 6 heteroatoms. The number of fused-ring (bicyclic) bond motifs is 2. The van der Waals surface area contributed by atoms with Crippen LogP contribution in [0.4, 0.5) is 5.82 Å². The van der Waals surface area contributed by atoms with E-state index in [1.807, 2.05) is 28.8 Å². The summed E-state index contributed by atoms with van der Waals surface area (Å²) in [6.45, 7) is 2.53. The molecule has 1 fully saturated rings. The van der Waals surface area contributed by atoms with E-state index in [2.05, 4.69) is 6.92 Å². The fourth-order valence-electron chi connectivity index (χ4n) is 4.18. The lowest BCUT2D eigenvalue weighted by atomic mass is 9.95. The molecular weight excluding hydrogens is 352 g/mol. The number of unbranched alkanes of at least 4 members (excludes halogenated alkanes) is 2. The average molecular weight is 380 g/mol. The number of aromatic nitrogens is 3. The van der Waals surface area contributed by atoms with Gasteiger partial charge >= 0.3 is 5.97 Å². The number of nitrogens with zero attached hydrogens (tertiary/aromatic N) is 3. The Labute approximate surface area is 165 Å². The molecule has 1 aliphatic rings. The predicted molar refractivity (Wildman–Crippen MR) is 111 cm³/mol. The van der Waals surface area contributed by atoms with Gasteiger partial charge in [-0.15, -0.1) is 0 Å². The quantitative estimate of drug-likeness (QED) is 0.479. The van der Waals surface area contributed by atoms with E-state index in [1.54, 1.807) is 0 Å². The maximum Gasteiger partial charge on any atom is 0.344 e. The van der Waals surface area contributed by atoms with E-state index in [-0.39, 0.29) is 6.04 Å². The van der Waals surface area contributed by atoms with Crippen molar-refractivity contribution in [1.29, 1.82) is 0 Å². The number of benzene rings is 1. The van der Waals surface area contributed by atoms with Crippen LogP contribution < -0.4 is 5.73 Å². The fraction of sp³-hybridized carbons (Fsp3) is 0.500. The van der Waals surface area contributed by atoms with Gasteiger partial charge < -0.3 is 15.0 Å². The van der Waals surface area contributed by atoms with E-state index in [0.717, 1.165) is 43.1 Å². The molecule has 4 rings (SSSR count). The Hall–Kier alpha value is -2.63. The summed E-state index contributed by atoms with van der Waals surface area (Å²) in [7, 11) is 0. The standard InChI is InChI=1S/C22H28N4O2/c1-2-3-9-14-28-22(27)18-19-21(25-17-13-8-7-12-16(17)24-19)26(20(18)23)15-10-5-4-6-11-15/h7-8,12-13,15H,2-6,9-11,14,23H2,1H3. The van der Waals surface area contributed by atoms with Crippen LogP contribution in [0, 0.1) is 0 Å². The summed E-state index contributed by atoms with van der Waals surface area (Å²) < 4.78 is 7.57. The highest BCUT2D eigenvalue weighted by Gasteiger charge is 2.29. The van der Waals surface area contributed by atoms with Crippen LogP contribution in [0.15, 0.2) is 24.3 Å². The normalized spacial score (nSPS) is 15.3. The van der Waals surface area contributed by atoms with E-state index < -0.39 is 5.97 Å². The number of hydrogen-bond donors (Lipinski definition) is 1. The van der Waals surface area contributed by atoms with E-state index in [0.29, 0.717) is 29.2 Å². The highest BCUT2D eigenvalue weighted by Crippen LogP contribution is 2.37. The Balaban J connectivity index is 1.81. The Morgan fingerprint density at radius 3 is 2.57 bits per heavy atom. The molecule has 0 spiro atoms. The zero-order chi connectivity index (χ0) is 19.5. The summed E-state index contributed by atoms with van der Waals surface area (Å²) in [4.78, 5) is 22.5. The lowest BCUT2D eigenvalue weighted by molar-refractivity contribution is 0.0501. The fourth-order valence-corrected chi connectivity index (χ4v) is 4.18. The van der Waals surface area contributed by atoms with Crippen molar-refractivity contribution < 1.29 is 9.53 Å². The molecule has 0 atom stereocenters. The molecule has 0 radical (unpaired) electrons. The molecule has 0 amide bonds. The number of hydrogen-bond acceptors (Lipinski definition) is 5. The highest BCUT2D eigenvalue weighted by atomic mass is 16.5. The topological polar surface area (TPSA) is 83.0 Å². The molecule has 0 unspecified atom stereocenters. The second-order valence-corrected chi connectivity index (χ2v) is 7.65. The Kier molecular flexibility index (Phi) is 5.46. The number of carbonyl (C=O) groups excluding carboxylic acids is 1.